The molecule has 202 valence electrons. The lowest BCUT2D eigenvalue weighted by Crippen LogP contribution is -2.39. The second-order valence-electron chi connectivity index (χ2n) is 9.22. The van der Waals surface area contributed by atoms with Gasteiger partial charge in [-0.1, -0.05) is 47.5 Å². The quantitative estimate of drug-likeness (QED) is 0.194. The Morgan fingerprint density at radius 3 is 2.26 bits per heavy atom. The van der Waals surface area contributed by atoms with Crippen LogP contribution in [0.4, 0.5) is 5.69 Å². The van der Waals surface area contributed by atoms with Gasteiger partial charge in [-0.15, -0.1) is 0 Å². The van der Waals surface area contributed by atoms with Crippen LogP contribution in [0.1, 0.15) is 28.1 Å². The highest BCUT2D eigenvalue weighted by molar-refractivity contribution is 7.92. The van der Waals surface area contributed by atoms with E-state index in [1.54, 1.807) is 24.4 Å². The highest BCUT2D eigenvalue weighted by Gasteiger charge is 2.28. The summed E-state index contributed by atoms with van der Waals surface area (Å²) >= 11 is 12.3. The van der Waals surface area contributed by atoms with Crippen molar-refractivity contribution < 1.29 is 13.2 Å². The van der Waals surface area contributed by atoms with Gasteiger partial charge in [-0.3, -0.25) is 9.10 Å². The van der Waals surface area contributed by atoms with Crippen LogP contribution in [-0.4, -0.2) is 31.7 Å². The van der Waals surface area contributed by atoms with Crippen LogP contribution in [0.25, 0.3) is 5.69 Å². The number of carbonyl (C=O) groups is 1. The standard InChI is InChI=1S/C29H28Cl2N4O3S/c1-19-12-20(2)14-25(13-19)35-21(3)15-23(22(35)4)17-32-33-29(36)18-34(28-11-10-24(30)16-27(28)31)39(37,38)26-8-6-5-7-9-26/h5-17H,18H2,1-4H3,(H,33,36)/b32-17-. The molecule has 0 spiro atoms. The molecule has 0 atom stereocenters. The van der Waals surface area contributed by atoms with Gasteiger partial charge in [0.05, 0.1) is 21.8 Å². The highest BCUT2D eigenvalue weighted by Crippen LogP contribution is 2.32. The Morgan fingerprint density at radius 1 is 0.949 bits per heavy atom. The van der Waals surface area contributed by atoms with Gasteiger partial charge in [-0.2, -0.15) is 5.10 Å². The molecule has 1 aromatic heterocycles. The summed E-state index contributed by atoms with van der Waals surface area (Å²) in [5.74, 6) is -0.639. The van der Waals surface area contributed by atoms with Crippen LogP contribution in [-0.2, 0) is 14.8 Å². The number of aryl methyl sites for hydroxylation is 3. The average Bonchev–Trinajstić information content (AvgIpc) is 3.15. The van der Waals surface area contributed by atoms with Crippen LogP contribution in [0.2, 0.25) is 10.0 Å². The number of rotatable bonds is 8. The molecule has 10 heteroatoms. The van der Waals surface area contributed by atoms with E-state index in [1.165, 1.54) is 30.3 Å². The minimum Gasteiger partial charge on any atom is -0.318 e. The van der Waals surface area contributed by atoms with Gasteiger partial charge in [0, 0.05) is 27.7 Å². The fourth-order valence-electron chi connectivity index (χ4n) is 4.44. The van der Waals surface area contributed by atoms with Crippen LogP contribution in [0, 0.1) is 27.7 Å². The summed E-state index contributed by atoms with van der Waals surface area (Å²) in [6, 6.07) is 20.5. The molecule has 0 aliphatic carbocycles. The number of sulfonamides is 1. The molecule has 0 aliphatic heterocycles. The van der Waals surface area contributed by atoms with Crippen molar-refractivity contribution in [1.29, 1.82) is 0 Å². The van der Waals surface area contributed by atoms with Crippen molar-refractivity contribution in [2.24, 2.45) is 5.10 Å². The first-order valence-corrected chi connectivity index (χ1v) is 14.3. The first-order valence-electron chi connectivity index (χ1n) is 12.1. The van der Waals surface area contributed by atoms with E-state index in [0.29, 0.717) is 5.02 Å². The van der Waals surface area contributed by atoms with E-state index in [1.807, 2.05) is 19.9 Å². The van der Waals surface area contributed by atoms with Gasteiger partial charge < -0.3 is 4.57 Å². The number of amides is 1. The summed E-state index contributed by atoms with van der Waals surface area (Å²) in [7, 11) is -4.12. The van der Waals surface area contributed by atoms with E-state index < -0.39 is 22.5 Å². The summed E-state index contributed by atoms with van der Waals surface area (Å²) in [6.45, 7) is 7.55. The Bertz CT molecular complexity index is 1650. The predicted octanol–water partition coefficient (Wildman–Crippen LogP) is 6.36. The maximum Gasteiger partial charge on any atom is 0.264 e. The Labute approximate surface area is 238 Å². The maximum atomic E-state index is 13.5. The van der Waals surface area contributed by atoms with Gasteiger partial charge in [0.2, 0.25) is 0 Å². The first kappa shape index (κ1) is 28.4. The summed E-state index contributed by atoms with van der Waals surface area (Å²) in [4.78, 5) is 12.9. The van der Waals surface area contributed by atoms with Crippen LogP contribution in [0.15, 0.2) is 82.8 Å². The normalized spacial score (nSPS) is 11.6. The zero-order valence-corrected chi connectivity index (χ0v) is 24.3. The van der Waals surface area contributed by atoms with Crippen LogP contribution >= 0.6 is 23.2 Å². The molecule has 39 heavy (non-hydrogen) atoms. The topological polar surface area (TPSA) is 83.8 Å². The molecule has 0 saturated carbocycles. The minimum atomic E-state index is -4.12. The highest BCUT2D eigenvalue weighted by atomic mass is 35.5. The fourth-order valence-corrected chi connectivity index (χ4v) is 6.46. The third-order valence-electron chi connectivity index (χ3n) is 6.12. The number of nitrogens with zero attached hydrogens (tertiary/aromatic N) is 3. The number of carbonyl (C=O) groups excluding carboxylic acids is 1. The number of hydrazone groups is 1. The van der Waals surface area contributed by atoms with Crippen molar-refractivity contribution in [1.82, 2.24) is 9.99 Å². The molecular formula is C29H28Cl2N4O3S. The summed E-state index contributed by atoms with van der Waals surface area (Å²) in [5, 5.41) is 4.55. The van der Waals surface area contributed by atoms with E-state index in [4.69, 9.17) is 23.2 Å². The molecule has 7 nitrogen and oxygen atoms in total. The Balaban J connectivity index is 1.58. The zero-order chi connectivity index (χ0) is 28.3. The molecule has 0 saturated heterocycles. The number of aromatic nitrogens is 1. The maximum absolute atomic E-state index is 13.5. The number of nitrogens with one attached hydrogen (secondary N) is 1. The molecule has 0 aliphatic rings. The van der Waals surface area contributed by atoms with Gasteiger partial charge in [0.25, 0.3) is 15.9 Å². The van der Waals surface area contributed by atoms with E-state index in [-0.39, 0.29) is 15.6 Å². The lowest BCUT2D eigenvalue weighted by molar-refractivity contribution is -0.119. The van der Waals surface area contributed by atoms with Gasteiger partial charge in [-0.25, -0.2) is 13.8 Å². The average molecular weight is 584 g/mol. The Morgan fingerprint density at radius 2 is 1.62 bits per heavy atom. The molecule has 0 unspecified atom stereocenters. The SMILES string of the molecule is Cc1cc(C)cc(-n2c(C)cc(/C=N\NC(=O)CN(c3ccc(Cl)cc3Cl)S(=O)(=O)c3ccccc3)c2C)c1. The second-order valence-corrected chi connectivity index (χ2v) is 11.9. The largest absolute Gasteiger partial charge is 0.318 e. The van der Waals surface area contributed by atoms with Crippen LogP contribution in [0.5, 0.6) is 0 Å². The monoisotopic (exact) mass is 582 g/mol. The molecule has 0 radical (unpaired) electrons. The summed E-state index contributed by atoms with van der Waals surface area (Å²) in [5.41, 5.74) is 8.74. The second kappa shape index (κ2) is 11.7. The molecule has 1 amide bonds. The lowest BCUT2D eigenvalue weighted by Gasteiger charge is -2.24. The number of benzene rings is 3. The number of halogens is 2. The molecule has 4 aromatic rings. The zero-order valence-electron chi connectivity index (χ0n) is 21.9. The molecule has 0 fully saturated rings. The van der Waals surface area contributed by atoms with Gasteiger partial charge in [0.1, 0.15) is 6.54 Å². The van der Waals surface area contributed by atoms with Gasteiger partial charge in [-0.05, 0) is 87.4 Å². The van der Waals surface area contributed by atoms with Gasteiger partial charge in [0.15, 0.2) is 0 Å². The first-order chi connectivity index (χ1) is 18.5. The molecule has 1 heterocycles. The Hall–Kier alpha value is -3.59. The molecule has 0 bridgehead atoms. The minimum absolute atomic E-state index is 0.0196. The third-order valence-corrected chi connectivity index (χ3v) is 8.44. The Kier molecular flexibility index (Phi) is 8.49. The van der Waals surface area contributed by atoms with Crippen LogP contribution in [0.3, 0.4) is 0 Å². The predicted molar refractivity (Wildman–Crippen MR) is 158 cm³/mol. The number of anilines is 1. The van der Waals surface area contributed by atoms with Crippen molar-refractivity contribution in [2.75, 3.05) is 10.8 Å². The van der Waals surface area contributed by atoms with Crippen molar-refractivity contribution in [3.05, 3.63) is 111 Å². The molecule has 1 N–H and O–H groups in total. The van der Waals surface area contributed by atoms with E-state index in [0.717, 1.165) is 38.1 Å². The summed E-state index contributed by atoms with van der Waals surface area (Å²) in [6.07, 6.45) is 1.55. The van der Waals surface area contributed by atoms with Gasteiger partial charge >= 0.3 is 0 Å². The molecule has 3 aromatic carbocycles. The summed E-state index contributed by atoms with van der Waals surface area (Å²) < 4.78 is 30.0. The van der Waals surface area contributed by atoms with Crippen molar-refractivity contribution in [3.63, 3.8) is 0 Å². The van der Waals surface area contributed by atoms with E-state index in [9.17, 15) is 13.2 Å². The third kappa shape index (κ3) is 6.36. The number of hydrogen-bond acceptors (Lipinski definition) is 4. The molecule has 4 rings (SSSR count). The fraction of sp³-hybridized carbons (Fsp3) is 0.172. The van der Waals surface area contributed by atoms with Crippen LogP contribution < -0.4 is 9.73 Å². The molecular weight excluding hydrogens is 555 g/mol. The number of hydrogen-bond donors (Lipinski definition) is 1. The smallest absolute Gasteiger partial charge is 0.264 e. The van der Waals surface area contributed by atoms with E-state index >= 15 is 0 Å². The van der Waals surface area contributed by atoms with Crippen molar-refractivity contribution in [3.8, 4) is 5.69 Å². The van der Waals surface area contributed by atoms with Crippen molar-refractivity contribution >= 4 is 51.0 Å². The van der Waals surface area contributed by atoms with Crippen molar-refractivity contribution in [2.45, 2.75) is 32.6 Å². The lowest BCUT2D eigenvalue weighted by atomic mass is 10.1. The van der Waals surface area contributed by atoms with E-state index in [2.05, 4.69) is 47.1 Å².